The second kappa shape index (κ2) is 20.1. The fourth-order valence-corrected chi connectivity index (χ4v) is 7.87. The zero-order chi connectivity index (χ0) is 40.4. The van der Waals surface area contributed by atoms with Gasteiger partial charge in [0.05, 0.1) is 36.4 Å². The first-order valence-corrected chi connectivity index (χ1v) is 20.8. The summed E-state index contributed by atoms with van der Waals surface area (Å²) < 4.78 is 11.5. The Morgan fingerprint density at radius 1 is 0.600 bits per heavy atom. The molecule has 2 atom stereocenters. The van der Waals surface area contributed by atoms with Crippen molar-refractivity contribution in [3.8, 4) is 0 Å². The van der Waals surface area contributed by atoms with Crippen LogP contribution in [0.15, 0.2) is 43.7 Å². The molecule has 2 N–H and O–H groups in total. The molecule has 2 aliphatic heterocycles. The van der Waals surface area contributed by atoms with Crippen LogP contribution in [0, 0.1) is 27.7 Å². The number of ether oxygens (including phenoxy) is 2. The van der Waals surface area contributed by atoms with Crippen molar-refractivity contribution < 1.29 is 19.1 Å². The predicted molar refractivity (Wildman–Crippen MR) is 229 cm³/mol. The molecule has 0 saturated carbocycles. The van der Waals surface area contributed by atoms with Crippen molar-refractivity contribution in [2.75, 3.05) is 0 Å². The zero-order valence-electron chi connectivity index (χ0n) is 36.0. The van der Waals surface area contributed by atoms with E-state index >= 15 is 0 Å². The molecule has 0 fully saturated rings. The van der Waals surface area contributed by atoms with Crippen molar-refractivity contribution in [1.82, 2.24) is 9.97 Å². The summed E-state index contributed by atoms with van der Waals surface area (Å²) in [6.07, 6.45) is 16.5. The molecule has 0 saturated heterocycles. The van der Waals surface area contributed by atoms with Crippen LogP contribution in [0.3, 0.4) is 0 Å². The highest BCUT2D eigenvalue weighted by atomic mass is 16.5. The van der Waals surface area contributed by atoms with Crippen molar-refractivity contribution in [3.63, 3.8) is 0 Å². The van der Waals surface area contributed by atoms with E-state index < -0.39 is 0 Å². The van der Waals surface area contributed by atoms with E-state index in [0.717, 1.165) is 111 Å². The van der Waals surface area contributed by atoms with Gasteiger partial charge in [-0.25, -0.2) is 0 Å². The lowest BCUT2D eigenvalue weighted by atomic mass is 9.93. The van der Waals surface area contributed by atoms with Gasteiger partial charge in [-0.1, -0.05) is 52.4 Å². The summed E-state index contributed by atoms with van der Waals surface area (Å²) in [5.41, 5.74) is 16.6. The van der Waals surface area contributed by atoms with Crippen LogP contribution in [-0.4, -0.2) is 45.5 Å². The summed E-state index contributed by atoms with van der Waals surface area (Å²) >= 11 is 0. The zero-order valence-corrected chi connectivity index (χ0v) is 36.0. The fraction of sp³-hybridized carbons (Fsp3) is 0.574. The third kappa shape index (κ3) is 11.4. The summed E-state index contributed by atoms with van der Waals surface area (Å²) in [5, 5.41) is 0. The van der Waals surface area contributed by atoms with Crippen LogP contribution in [-0.2, 0) is 31.9 Å². The number of aromatic amines is 2. The number of hydrogen-bond donors (Lipinski definition) is 2. The third-order valence-corrected chi connectivity index (χ3v) is 11.5. The molecule has 2 aromatic rings. The molecule has 2 aromatic heterocycles. The first-order valence-electron chi connectivity index (χ1n) is 20.8. The Hall–Kier alpha value is -4.20. The average molecular weight is 753 g/mol. The highest BCUT2D eigenvalue weighted by Crippen LogP contribution is 2.37. The molecule has 4 rings (SSSR count). The van der Waals surface area contributed by atoms with E-state index in [9.17, 15) is 9.59 Å². The minimum Gasteiger partial charge on any atom is -0.462 e. The Morgan fingerprint density at radius 2 is 0.982 bits per heavy atom. The highest BCUT2D eigenvalue weighted by Gasteiger charge is 2.26. The Morgan fingerprint density at radius 3 is 1.35 bits per heavy atom. The smallest absolute Gasteiger partial charge is 0.310 e. The second-order valence-corrected chi connectivity index (χ2v) is 16.0. The number of aromatic nitrogens is 2. The number of H-pyrrole nitrogens is 2. The van der Waals surface area contributed by atoms with Gasteiger partial charge in [0.15, 0.2) is 0 Å². The molecule has 300 valence electrons. The maximum absolute atomic E-state index is 12.9. The van der Waals surface area contributed by atoms with Gasteiger partial charge in [0.2, 0.25) is 0 Å². The maximum atomic E-state index is 12.9. The van der Waals surface area contributed by atoms with Gasteiger partial charge < -0.3 is 19.4 Å². The summed E-state index contributed by atoms with van der Waals surface area (Å²) in [5.74, 6) is -0.349. The molecule has 0 spiro atoms. The molecular weight excluding hydrogens is 685 g/mol. The average Bonchev–Trinajstić information content (AvgIpc) is 3.74. The van der Waals surface area contributed by atoms with Crippen LogP contribution in [0.5, 0.6) is 0 Å². The molecule has 8 nitrogen and oxygen atoms in total. The van der Waals surface area contributed by atoms with E-state index in [1.54, 1.807) is 0 Å². The standard InChI is InChI=1S/C47H68N4O4/c1-13-15-17-19-21-28(3)54-46(52)24-40-32(7)44(50-36(40)11)26-42-30(5)38(34(9)48-42)23-39-31(6)43(49-35(39)10)27-45-33(8)41(37(12)51-45)25-47(53)55-29(4)22-20-18-16-14-2/h26-29,50-51H,13-25H2,1-12H3/b42-26-,43-27-/t28-,29-/m1/s1. The van der Waals surface area contributed by atoms with Crippen LogP contribution in [0.25, 0.3) is 12.2 Å². The van der Waals surface area contributed by atoms with E-state index in [0.29, 0.717) is 0 Å². The van der Waals surface area contributed by atoms with Gasteiger partial charge in [-0.2, -0.15) is 0 Å². The van der Waals surface area contributed by atoms with Crippen molar-refractivity contribution in [2.45, 2.75) is 179 Å². The summed E-state index contributed by atoms with van der Waals surface area (Å²) in [6.45, 7) is 25.0. The minimum absolute atomic E-state index is 0.0676. The number of aryl methyl sites for hydroxylation is 2. The van der Waals surface area contributed by atoms with E-state index in [4.69, 9.17) is 19.5 Å². The van der Waals surface area contributed by atoms with Crippen molar-refractivity contribution in [1.29, 1.82) is 0 Å². The molecular formula is C47H68N4O4. The number of carbonyl (C=O) groups is 2. The van der Waals surface area contributed by atoms with Crippen molar-refractivity contribution in [3.05, 3.63) is 78.7 Å². The lowest BCUT2D eigenvalue weighted by Gasteiger charge is -2.13. The molecule has 0 unspecified atom stereocenters. The van der Waals surface area contributed by atoms with Crippen LogP contribution < -0.4 is 0 Å². The monoisotopic (exact) mass is 753 g/mol. The lowest BCUT2D eigenvalue weighted by molar-refractivity contribution is -0.148. The van der Waals surface area contributed by atoms with Crippen LogP contribution >= 0.6 is 0 Å². The SMILES string of the molecule is CCCCCC[C@@H](C)OC(=O)Cc1c(C)[nH]c(/C=C2\N=C(C)C(CC3=C(C)/C(=C/c4[nH]c(C)c(CC(=O)O[C@H](C)CCCCCC)c4C)N=C3C)=C2C)c1C. The minimum atomic E-state index is -0.175. The first kappa shape index (κ1) is 43.5. The van der Waals surface area contributed by atoms with E-state index in [-0.39, 0.29) is 37.0 Å². The van der Waals surface area contributed by atoms with Crippen LogP contribution in [0.4, 0.5) is 0 Å². The normalized spacial score (nSPS) is 17.1. The lowest BCUT2D eigenvalue weighted by Crippen LogP contribution is -2.17. The number of esters is 2. The second-order valence-electron chi connectivity index (χ2n) is 16.0. The molecule has 0 aromatic carbocycles. The highest BCUT2D eigenvalue weighted by molar-refractivity contribution is 6.09. The number of aliphatic imine (C=N–C) groups is 2. The maximum Gasteiger partial charge on any atom is 0.310 e. The topological polar surface area (TPSA) is 109 Å². The predicted octanol–water partition coefficient (Wildman–Crippen LogP) is 11.8. The quantitative estimate of drug-likeness (QED) is 0.104. The molecule has 0 radical (unpaired) electrons. The van der Waals surface area contributed by atoms with Gasteiger partial charge in [-0.05, 0) is 152 Å². The summed E-state index contributed by atoms with van der Waals surface area (Å²) in [4.78, 5) is 42.8. The van der Waals surface area contributed by atoms with E-state index in [1.807, 2.05) is 27.7 Å². The third-order valence-electron chi connectivity index (χ3n) is 11.5. The van der Waals surface area contributed by atoms with Crippen LogP contribution in [0.2, 0.25) is 0 Å². The summed E-state index contributed by atoms with van der Waals surface area (Å²) in [6, 6.07) is 0. The van der Waals surface area contributed by atoms with Gasteiger partial charge in [-0.3, -0.25) is 19.6 Å². The Kier molecular flexibility index (Phi) is 15.9. The summed E-state index contributed by atoms with van der Waals surface area (Å²) in [7, 11) is 0. The van der Waals surface area contributed by atoms with Crippen LogP contribution in [0.1, 0.15) is 171 Å². The van der Waals surface area contributed by atoms with Gasteiger partial charge in [0.1, 0.15) is 0 Å². The Bertz CT molecular complexity index is 1770. The number of carbonyl (C=O) groups excluding carboxylic acids is 2. The number of unbranched alkanes of at least 4 members (excludes halogenated alkanes) is 6. The largest absolute Gasteiger partial charge is 0.462 e. The molecule has 0 amide bonds. The molecule has 0 bridgehead atoms. The molecule has 0 aliphatic carbocycles. The van der Waals surface area contributed by atoms with Crippen molar-refractivity contribution in [2.24, 2.45) is 9.98 Å². The van der Waals surface area contributed by atoms with Gasteiger partial charge in [0.25, 0.3) is 0 Å². The fourth-order valence-electron chi connectivity index (χ4n) is 7.87. The number of rotatable bonds is 20. The molecule has 4 heterocycles. The van der Waals surface area contributed by atoms with E-state index in [1.165, 1.54) is 49.7 Å². The Labute approximate surface area is 331 Å². The molecule has 55 heavy (non-hydrogen) atoms. The Balaban J connectivity index is 1.46. The van der Waals surface area contributed by atoms with Crippen molar-refractivity contribution >= 4 is 35.5 Å². The molecule has 8 heteroatoms. The number of nitrogens with zero attached hydrogens (tertiary/aromatic N) is 2. The van der Waals surface area contributed by atoms with Gasteiger partial charge in [0, 0.05) is 40.6 Å². The first-order chi connectivity index (χ1) is 26.1. The number of allylic oxidation sites excluding steroid dienone is 4. The molecule has 2 aliphatic rings. The van der Waals surface area contributed by atoms with Gasteiger partial charge >= 0.3 is 11.9 Å². The number of hydrogen-bond acceptors (Lipinski definition) is 6. The van der Waals surface area contributed by atoms with E-state index in [2.05, 4.69) is 77.5 Å². The van der Waals surface area contributed by atoms with Gasteiger partial charge in [-0.15, -0.1) is 0 Å². The number of nitrogens with one attached hydrogen (secondary N) is 2.